The Bertz CT molecular complexity index is 2190. The maximum atomic E-state index is 14.1. The zero-order valence-corrected chi connectivity index (χ0v) is 26.2. The summed E-state index contributed by atoms with van der Waals surface area (Å²) in [6, 6.07) is 27.4. The second-order valence-electron chi connectivity index (χ2n) is 10.5. The van der Waals surface area contributed by atoms with E-state index in [9.17, 15) is 14.9 Å². The van der Waals surface area contributed by atoms with E-state index in [1.165, 1.54) is 23.0 Å². The molecule has 0 spiro atoms. The molecule has 0 amide bonds. The highest BCUT2D eigenvalue weighted by Crippen LogP contribution is 2.41. The van der Waals surface area contributed by atoms with Gasteiger partial charge in [-0.05, 0) is 75.3 Å². The van der Waals surface area contributed by atoms with Crippen LogP contribution in [0.4, 0.5) is 5.69 Å². The Labute approximate surface area is 269 Å². The molecular weight excluding hydrogens is 662 g/mol. The van der Waals surface area contributed by atoms with Gasteiger partial charge in [0.2, 0.25) is 0 Å². The SMILES string of the molecule is O=c1/c(=C\c2ccc(OCc3ccccc3Cl)c(Br)c2)sc2n1[C@@H](c1cccc([N+](=O)[O-])c1)C1=C(N=2)c2ccccc2CC1. The van der Waals surface area contributed by atoms with Gasteiger partial charge in [0.25, 0.3) is 11.2 Å². The molecule has 0 saturated carbocycles. The summed E-state index contributed by atoms with van der Waals surface area (Å²) in [5.41, 5.74) is 6.27. The molecule has 2 heterocycles. The van der Waals surface area contributed by atoms with E-state index in [2.05, 4.69) is 28.1 Å². The summed E-state index contributed by atoms with van der Waals surface area (Å²) in [7, 11) is 0. The number of hydrogen-bond acceptors (Lipinski definition) is 6. The number of nitrogens with zero attached hydrogens (tertiary/aromatic N) is 3. The Morgan fingerprint density at radius 1 is 1.05 bits per heavy atom. The third kappa shape index (κ3) is 5.21. The fraction of sp³-hybridized carbons (Fsp3) is 0.118. The number of aromatic nitrogens is 1. The van der Waals surface area contributed by atoms with Crippen LogP contribution >= 0.6 is 38.9 Å². The number of nitro groups is 1. The number of benzene rings is 4. The zero-order valence-electron chi connectivity index (χ0n) is 23.1. The molecule has 1 aromatic heterocycles. The Morgan fingerprint density at radius 3 is 2.68 bits per heavy atom. The van der Waals surface area contributed by atoms with E-state index in [0.717, 1.165) is 38.9 Å². The van der Waals surface area contributed by atoms with Gasteiger partial charge in [-0.15, -0.1) is 0 Å². The number of rotatable bonds is 6. The van der Waals surface area contributed by atoms with Crippen molar-refractivity contribution in [2.45, 2.75) is 25.5 Å². The van der Waals surface area contributed by atoms with E-state index in [1.54, 1.807) is 16.7 Å². The van der Waals surface area contributed by atoms with Crippen molar-refractivity contribution in [3.05, 3.63) is 164 Å². The summed E-state index contributed by atoms with van der Waals surface area (Å²) in [5, 5.41) is 12.3. The van der Waals surface area contributed by atoms with Crippen LogP contribution in [0.1, 0.15) is 40.3 Å². The van der Waals surface area contributed by atoms with Gasteiger partial charge in [-0.1, -0.05) is 83.6 Å². The first kappa shape index (κ1) is 28.5. The van der Waals surface area contributed by atoms with Gasteiger partial charge in [-0.2, -0.15) is 0 Å². The molecule has 4 aromatic carbocycles. The lowest BCUT2D eigenvalue weighted by atomic mass is 9.83. The molecule has 44 heavy (non-hydrogen) atoms. The number of ether oxygens (including phenoxy) is 1. The molecule has 1 aliphatic heterocycles. The van der Waals surface area contributed by atoms with Crippen molar-refractivity contribution in [2.24, 2.45) is 4.99 Å². The normalized spacial score (nSPS) is 15.7. The summed E-state index contributed by atoms with van der Waals surface area (Å²) < 4.78 is 8.95. The van der Waals surface area contributed by atoms with E-state index in [0.29, 0.717) is 38.7 Å². The lowest BCUT2D eigenvalue weighted by Gasteiger charge is -2.30. The van der Waals surface area contributed by atoms with Crippen LogP contribution < -0.4 is 19.6 Å². The topological polar surface area (TPSA) is 86.7 Å². The number of thiazole rings is 1. The monoisotopic (exact) mass is 683 g/mol. The highest BCUT2D eigenvalue weighted by atomic mass is 79.9. The zero-order chi connectivity index (χ0) is 30.4. The van der Waals surface area contributed by atoms with Gasteiger partial charge in [0.15, 0.2) is 4.80 Å². The Hall–Kier alpha value is -4.31. The summed E-state index contributed by atoms with van der Waals surface area (Å²) in [5.74, 6) is 0.653. The Balaban J connectivity index is 1.31. The second-order valence-corrected chi connectivity index (χ2v) is 12.8. The van der Waals surface area contributed by atoms with Gasteiger partial charge < -0.3 is 4.74 Å². The minimum atomic E-state index is -0.496. The highest BCUT2D eigenvalue weighted by molar-refractivity contribution is 9.10. The molecule has 0 N–H and O–H groups in total. The summed E-state index contributed by atoms with van der Waals surface area (Å²) >= 11 is 11.2. The molecule has 7 nitrogen and oxygen atoms in total. The average molecular weight is 685 g/mol. The van der Waals surface area contributed by atoms with Crippen LogP contribution in [0.2, 0.25) is 5.02 Å². The molecular formula is C34H23BrClN3O4S. The lowest BCUT2D eigenvalue weighted by molar-refractivity contribution is -0.384. The predicted octanol–water partition coefficient (Wildman–Crippen LogP) is 7.22. The molecule has 5 aromatic rings. The summed E-state index contributed by atoms with van der Waals surface area (Å²) in [6.07, 6.45) is 3.35. The first-order chi connectivity index (χ1) is 21.4. The average Bonchev–Trinajstić information content (AvgIpc) is 3.34. The van der Waals surface area contributed by atoms with Crippen LogP contribution in [0.3, 0.4) is 0 Å². The van der Waals surface area contributed by atoms with Crippen molar-refractivity contribution < 1.29 is 9.66 Å². The first-order valence-electron chi connectivity index (χ1n) is 13.9. The molecule has 0 saturated heterocycles. The molecule has 2 aliphatic rings. The minimum absolute atomic E-state index is 0.0123. The van der Waals surface area contributed by atoms with Gasteiger partial charge >= 0.3 is 0 Å². The van der Waals surface area contributed by atoms with Crippen LogP contribution in [-0.4, -0.2) is 9.49 Å². The maximum absolute atomic E-state index is 14.1. The van der Waals surface area contributed by atoms with Crippen molar-refractivity contribution in [2.75, 3.05) is 0 Å². The van der Waals surface area contributed by atoms with Crippen LogP contribution in [0.5, 0.6) is 5.75 Å². The number of non-ortho nitro benzene ring substituents is 1. The Kier molecular flexibility index (Phi) is 7.53. The van der Waals surface area contributed by atoms with Crippen LogP contribution in [0.15, 0.2) is 111 Å². The smallest absolute Gasteiger partial charge is 0.271 e. The van der Waals surface area contributed by atoms with Crippen molar-refractivity contribution in [1.29, 1.82) is 0 Å². The second kappa shape index (κ2) is 11.6. The maximum Gasteiger partial charge on any atom is 0.271 e. The van der Waals surface area contributed by atoms with Crippen molar-refractivity contribution in [1.82, 2.24) is 4.57 Å². The predicted molar refractivity (Wildman–Crippen MR) is 176 cm³/mol. The molecule has 7 rings (SSSR count). The number of hydrogen-bond donors (Lipinski definition) is 0. The standard InChI is InChI=1S/C34H23BrClN3O4S/c35-27-16-20(12-15-29(27)43-19-23-7-2-4-11-28(23)36)17-30-33(40)38-32(22-8-5-9-24(18-22)39(41)42)26-14-13-21-6-1-3-10-25(21)31(26)37-34(38)44-30/h1-12,15-18,32H,13-14,19H2/b30-17+/t32-/m0/s1. The van der Waals surface area contributed by atoms with Crippen molar-refractivity contribution >= 4 is 56.3 Å². The number of allylic oxidation sites excluding steroid dienone is 1. The largest absolute Gasteiger partial charge is 0.488 e. The van der Waals surface area contributed by atoms with E-state index < -0.39 is 11.0 Å². The van der Waals surface area contributed by atoms with Gasteiger partial charge in [0.05, 0.1) is 25.7 Å². The third-order valence-electron chi connectivity index (χ3n) is 7.86. The van der Waals surface area contributed by atoms with Gasteiger partial charge in [0, 0.05) is 28.3 Å². The molecule has 10 heteroatoms. The molecule has 0 bridgehead atoms. The van der Waals surface area contributed by atoms with Crippen LogP contribution in [-0.2, 0) is 13.0 Å². The molecule has 1 aliphatic carbocycles. The van der Waals surface area contributed by atoms with Gasteiger partial charge in [0.1, 0.15) is 12.4 Å². The van der Waals surface area contributed by atoms with E-state index in [-0.39, 0.29) is 11.2 Å². The number of fused-ring (bicyclic) bond motifs is 3. The molecule has 0 unspecified atom stereocenters. The molecule has 1 atom stereocenters. The van der Waals surface area contributed by atoms with E-state index >= 15 is 0 Å². The minimum Gasteiger partial charge on any atom is -0.488 e. The number of nitro benzene ring substituents is 1. The van der Waals surface area contributed by atoms with Crippen molar-refractivity contribution in [3.8, 4) is 5.75 Å². The van der Waals surface area contributed by atoms with E-state index in [1.807, 2.05) is 66.7 Å². The molecule has 218 valence electrons. The van der Waals surface area contributed by atoms with Crippen LogP contribution in [0, 0.1) is 10.1 Å². The summed E-state index contributed by atoms with van der Waals surface area (Å²) in [4.78, 5) is 30.9. The summed E-state index contributed by atoms with van der Waals surface area (Å²) in [6.45, 7) is 0.321. The van der Waals surface area contributed by atoms with Gasteiger partial charge in [-0.25, -0.2) is 4.99 Å². The fourth-order valence-electron chi connectivity index (χ4n) is 5.78. The molecule has 0 fully saturated rings. The van der Waals surface area contributed by atoms with Crippen molar-refractivity contribution in [3.63, 3.8) is 0 Å². The molecule has 0 radical (unpaired) electrons. The van der Waals surface area contributed by atoms with Gasteiger partial charge in [-0.3, -0.25) is 19.5 Å². The number of aryl methyl sites for hydroxylation is 1. The van der Waals surface area contributed by atoms with E-state index in [4.69, 9.17) is 21.3 Å². The quantitative estimate of drug-likeness (QED) is 0.140. The third-order valence-corrected chi connectivity index (χ3v) is 9.84. The first-order valence-corrected chi connectivity index (χ1v) is 15.9. The highest BCUT2D eigenvalue weighted by Gasteiger charge is 2.33. The van der Waals surface area contributed by atoms with Crippen LogP contribution in [0.25, 0.3) is 11.8 Å². The lowest BCUT2D eigenvalue weighted by Crippen LogP contribution is -2.38. The fourth-order valence-corrected chi connectivity index (χ4v) is 7.48. The number of halogens is 2. The Morgan fingerprint density at radius 2 is 1.86 bits per heavy atom.